The molecule has 0 heterocycles. The zero-order chi connectivity index (χ0) is 16.0. The lowest BCUT2D eigenvalue weighted by Crippen LogP contribution is -2.16. The van der Waals surface area contributed by atoms with Gasteiger partial charge < -0.3 is 9.47 Å². The fraction of sp³-hybridized carbons (Fsp3) is 0.462. The molecular formula is C13H18FNO5S. The van der Waals surface area contributed by atoms with Crippen LogP contribution in [-0.4, -0.2) is 34.2 Å². The van der Waals surface area contributed by atoms with E-state index in [-0.39, 0.29) is 18.1 Å². The van der Waals surface area contributed by atoms with Gasteiger partial charge in [0.05, 0.1) is 17.1 Å². The summed E-state index contributed by atoms with van der Waals surface area (Å²) in [5.74, 6) is -1.49. The summed E-state index contributed by atoms with van der Waals surface area (Å²) < 4.78 is 45.9. The van der Waals surface area contributed by atoms with Crippen LogP contribution in [0.1, 0.15) is 24.2 Å². The number of hydrogen-bond donors (Lipinski definition) is 1. The number of rotatable bonds is 7. The average Bonchev–Trinajstić information content (AvgIpc) is 2.36. The van der Waals surface area contributed by atoms with Crippen LogP contribution in [-0.2, 0) is 19.5 Å². The molecule has 0 saturated carbocycles. The Bertz CT molecular complexity index is 601. The molecule has 0 saturated heterocycles. The highest BCUT2D eigenvalue weighted by atomic mass is 32.2. The van der Waals surface area contributed by atoms with Crippen LogP contribution < -0.4 is 5.14 Å². The summed E-state index contributed by atoms with van der Waals surface area (Å²) >= 11 is 0. The Hall–Kier alpha value is -1.51. The number of esters is 1. The Morgan fingerprint density at radius 2 is 2.00 bits per heavy atom. The minimum Gasteiger partial charge on any atom is -0.460 e. The average molecular weight is 319 g/mol. The van der Waals surface area contributed by atoms with Gasteiger partial charge in [0.2, 0.25) is 10.0 Å². The molecule has 1 rings (SSSR count). The molecule has 2 N–H and O–H groups in total. The second-order valence-corrected chi connectivity index (χ2v) is 6.35. The summed E-state index contributed by atoms with van der Waals surface area (Å²) in [6.07, 6.45) is 0. The summed E-state index contributed by atoms with van der Waals surface area (Å²) in [6.45, 7) is 4.60. The van der Waals surface area contributed by atoms with Crippen molar-refractivity contribution in [1.29, 1.82) is 0 Å². The first-order chi connectivity index (χ1) is 9.71. The van der Waals surface area contributed by atoms with Crippen molar-refractivity contribution in [1.82, 2.24) is 0 Å². The minimum atomic E-state index is -4.01. The summed E-state index contributed by atoms with van der Waals surface area (Å²) in [6, 6.07) is 2.68. The highest BCUT2D eigenvalue weighted by Crippen LogP contribution is 2.15. The second-order valence-electron chi connectivity index (χ2n) is 4.79. The molecule has 8 heteroatoms. The van der Waals surface area contributed by atoms with Gasteiger partial charge in [0, 0.05) is 6.61 Å². The number of benzene rings is 1. The Morgan fingerprint density at radius 1 is 1.33 bits per heavy atom. The van der Waals surface area contributed by atoms with E-state index in [1.54, 1.807) is 0 Å². The van der Waals surface area contributed by atoms with Crippen molar-refractivity contribution in [3.63, 3.8) is 0 Å². The highest BCUT2D eigenvalue weighted by molar-refractivity contribution is 7.89. The SMILES string of the molecule is CC(C)COCCOC(=O)c1cc(S(N)(=O)=O)ccc1F. The Balaban J connectivity index is 2.66. The fourth-order valence-electron chi connectivity index (χ4n) is 1.43. The highest BCUT2D eigenvalue weighted by Gasteiger charge is 2.17. The van der Waals surface area contributed by atoms with E-state index < -0.39 is 27.4 Å². The lowest BCUT2D eigenvalue weighted by Gasteiger charge is -2.09. The number of carbonyl (C=O) groups is 1. The molecule has 0 spiro atoms. The Kier molecular flexibility index (Phi) is 6.25. The molecule has 0 unspecified atom stereocenters. The smallest absolute Gasteiger partial charge is 0.341 e. The first kappa shape index (κ1) is 17.5. The summed E-state index contributed by atoms with van der Waals surface area (Å²) in [4.78, 5) is 11.3. The van der Waals surface area contributed by atoms with E-state index in [0.717, 1.165) is 18.2 Å². The van der Waals surface area contributed by atoms with E-state index in [1.807, 2.05) is 13.8 Å². The molecular weight excluding hydrogens is 301 g/mol. The van der Waals surface area contributed by atoms with Gasteiger partial charge in [0.25, 0.3) is 0 Å². The third kappa shape index (κ3) is 5.78. The van der Waals surface area contributed by atoms with Crippen LogP contribution in [0.25, 0.3) is 0 Å². The second kappa shape index (κ2) is 7.48. The van der Waals surface area contributed by atoms with Crippen molar-refractivity contribution in [3.8, 4) is 0 Å². The van der Waals surface area contributed by atoms with Gasteiger partial charge in [-0.05, 0) is 24.1 Å². The summed E-state index contributed by atoms with van der Waals surface area (Å²) in [5, 5.41) is 4.92. The number of ether oxygens (including phenoxy) is 2. The van der Waals surface area contributed by atoms with Crippen molar-refractivity contribution < 1.29 is 27.1 Å². The number of hydrogen-bond acceptors (Lipinski definition) is 5. The number of carbonyl (C=O) groups excluding carboxylic acids is 1. The Morgan fingerprint density at radius 3 is 2.57 bits per heavy atom. The van der Waals surface area contributed by atoms with E-state index in [2.05, 4.69) is 0 Å². The van der Waals surface area contributed by atoms with Crippen LogP contribution in [0, 0.1) is 11.7 Å². The monoisotopic (exact) mass is 319 g/mol. The zero-order valence-corrected chi connectivity index (χ0v) is 12.7. The van der Waals surface area contributed by atoms with E-state index >= 15 is 0 Å². The van der Waals surface area contributed by atoms with Gasteiger partial charge in [-0.25, -0.2) is 22.7 Å². The fourth-order valence-corrected chi connectivity index (χ4v) is 1.97. The van der Waals surface area contributed by atoms with Crippen molar-refractivity contribution in [2.45, 2.75) is 18.7 Å². The van der Waals surface area contributed by atoms with Crippen molar-refractivity contribution >= 4 is 16.0 Å². The summed E-state index contributed by atoms with van der Waals surface area (Å²) in [7, 11) is -4.01. The lowest BCUT2D eigenvalue weighted by atomic mass is 10.2. The zero-order valence-electron chi connectivity index (χ0n) is 11.8. The van der Waals surface area contributed by atoms with Gasteiger partial charge in [0.15, 0.2) is 0 Å². The molecule has 118 valence electrons. The third-order valence-electron chi connectivity index (χ3n) is 2.40. The molecule has 1 aromatic carbocycles. The van der Waals surface area contributed by atoms with Crippen molar-refractivity contribution in [2.24, 2.45) is 11.1 Å². The maximum atomic E-state index is 13.5. The van der Waals surface area contributed by atoms with Crippen LogP contribution in [0.4, 0.5) is 4.39 Å². The molecule has 0 aliphatic rings. The van der Waals surface area contributed by atoms with Gasteiger partial charge in [-0.1, -0.05) is 13.8 Å². The molecule has 0 aliphatic heterocycles. The molecule has 0 fully saturated rings. The minimum absolute atomic E-state index is 0.0510. The van der Waals surface area contributed by atoms with E-state index in [9.17, 15) is 17.6 Å². The first-order valence-electron chi connectivity index (χ1n) is 6.29. The first-order valence-corrected chi connectivity index (χ1v) is 7.83. The van der Waals surface area contributed by atoms with Crippen LogP contribution >= 0.6 is 0 Å². The molecule has 0 aromatic heterocycles. The van der Waals surface area contributed by atoms with Gasteiger partial charge in [-0.3, -0.25) is 0 Å². The van der Waals surface area contributed by atoms with Crippen molar-refractivity contribution in [3.05, 3.63) is 29.6 Å². The Labute approximate surface area is 123 Å². The molecule has 6 nitrogen and oxygen atoms in total. The van der Waals surface area contributed by atoms with Crippen LogP contribution in [0.3, 0.4) is 0 Å². The molecule has 0 atom stereocenters. The predicted octanol–water partition coefficient (Wildman–Crippen LogP) is 1.30. The number of halogens is 1. The molecule has 21 heavy (non-hydrogen) atoms. The van der Waals surface area contributed by atoms with Crippen LogP contribution in [0.5, 0.6) is 0 Å². The molecule has 0 radical (unpaired) electrons. The maximum Gasteiger partial charge on any atom is 0.341 e. The van der Waals surface area contributed by atoms with Gasteiger partial charge in [0.1, 0.15) is 12.4 Å². The maximum absolute atomic E-state index is 13.5. The molecule has 0 amide bonds. The normalized spacial score (nSPS) is 11.7. The standard InChI is InChI=1S/C13H18FNO5S/c1-9(2)8-19-5-6-20-13(16)11-7-10(21(15,17)18)3-4-12(11)14/h3-4,7,9H,5-6,8H2,1-2H3,(H2,15,17,18). The molecule has 0 bridgehead atoms. The van der Waals surface area contributed by atoms with Gasteiger partial charge >= 0.3 is 5.97 Å². The quantitative estimate of drug-likeness (QED) is 0.604. The number of nitrogens with two attached hydrogens (primary N) is 1. The van der Waals surface area contributed by atoms with Gasteiger partial charge in [-0.15, -0.1) is 0 Å². The van der Waals surface area contributed by atoms with E-state index in [1.165, 1.54) is 0 Å². The van der Waals surface area contributed by atoms with E-state index in [4.69, 9.17) is 14.6 Å². The number of primary sulfonamides is 1. The topological polar surface area (TPSA) is 95.7 Å². The van der Waals surface area contributed by atoms with Gasteiger partial charge in [-0.2, -0.15) is 0 Å². The lowest BCUT2D eigenvalue weighted by molar-refractivity contribution is 0.0273. The summed E-state index contributed by atoms with van der Waals surface area (Å²) in [5.41, 5.74) is -0.481. The number of sulfonamides is 1. The van der Waals surface area contributed by atoms with Crippen LogP contribution in [0.2, 0.25) is 0 Å². The largest absolute Gasteiger partial charge is 0.460 e. The third-order valence-corrected chi connectivity index (χ3v) is 3.31. The van der Waals surface area contributed by atoms with Crippen LogP contribution in [0.15, 0.2) is 23.1 Å². The molecule has 1 aromatic rings. The van der Waals surface area contributed by atoms with Crippen molar-refractivity contribution in [2.75, 3.05) is 19.8 Å². The predicted molar refractivity (Wildman–Crippen MR) is 73.7 cm³/mol. The van der Waals surface area contributed by atoms with E-state index in [0.29, 0.717) is 12.5 Å². The molecule has 0 aliphatic carbocycles.